The highest BCUT2D eigenvalue weighted by Gasteiger charge is 2.20. The molecule has 1 aliphatic rings. The molecule has 0 saturated carbocycles. The Morgan fingerprint density at radius 3 is 3.00 bits per heavy atom. The van der Waals surface area contributed by atoms with E-state index in [1.54, 1.807) is 6.20 Å². The third-order valence-electron chi connectivity index (χ3n) is 3.11. The highest BCUT2D eigenvalue weighted by Crippen LogP contribution is 2.35. The Hall–Kier alpha value is -1.62. The van der Waals surface area contributed by atoms with Crippen LogP contribution in [-0.2, 0) is 6.42 Å². The molecule has 4 nitrogen and oxygen atoms in total. The Morgan fingerprint density at radius 2 is 2.11 bits per heavy atom. The van der Waals surface area contributed by atoms with Crippen molar-refractivity contribution < 1.29 is 0 Å². The van der Waals surface area contributed by atoms with Crippen LogP contribution in [0.5, 0.6) is 0 Å². The lowest BCUT2D eigenvalue weighted by atomic mass is 10.0. The summed E-state index contributed by atoms with van der Waals surface area (Å²) in [6.07, 6.45) is 3.94. The van der Waals surface area contributed by atoms with Crippen LogP contribution in [0.1, 0.15) is 12.0 Å². The van der Waals surface area contributed by atoms with Crippen molar-refractivity contribution in [2.45, 2.75) is 12.8 Å². The van der Waals surface area contributed by atoms with Crippen LogP contribution in [0.15, 0.2) is 34.9 Å². The second-order valence-corrected chi connectivity index (χ2v) is 5.14. The standard InChI is InChI=1S/C13H13BrN4/c14-10-8-16-13(15)17-12(10)18-7-3-5-9-4-1-2-6-11(9)18/h1-2,4,6,8H,3,5,7H2,(H2,15,16,17). The van der Waals surface area contributed by atoms with Gasteiger partial charge in [-0.2, -0.15) is 4.98 Å². The first-order chi connectivity index (χ1) is 8.75. The summed E-state index contributed by atoms with van der Waals surface area (Å²) in [6, 6.07) is 8.42. The third kappa shape index (κ3) is 1.95. The molecule has 0 aliphatic carbocycles. The minimum Gasteiger partial charge on any atom is -0.368 e. The van der Waals surface area contributed by atoms with Gasteiger partial charge in [0.25, 0.3) is 0 Å². The Balaban J connectivity index is 2.11. The molecular weight excluding hydrogens is 292 g/mol. The number of nitrogens with two attached hydrogens (primary N) is 1. The molecule has 1 aliphatic heterocycles. The fourth-order valence-corrected chi connectivity index (χ4v) is 2.72. The molecule has 2 heterocycles. The van der Waals surface area contributed by atoms with Gasteiger partial charge in [0.15, 0.2) is 5.82 Å². The largest absolute Gasteiger partial charge is 0.368 e. The normalized spacial score (nSPS) is 14.4. The summed E-state index contributed by atoms with van der Waals surface area (Å²) in [5, 5.41) is 0. The van der Waals surface area contributed by atoms with E-state index < -0.39 is 0 Å². The van der Waals surface area contributed by atoms with Gasteiger partial charge in [-0.25, -0.2) is 4.98 Å². The van der Waals surface area contributed by atoms with Crippen molar-refractivity contribution in [1.29, 1.82) is 0 Å². The van der Waals surface area contributed by atoms with Gasteiger partial charge in [-0.05, 0) is 40.4 Å². The number of aromatic nitrogens is 2. The molecule has 0 bridgehead atoms. The Bertz CT molecular complexity index is 585. The Morgan fingerprint density at radius 1 is 1.28 bits per heavy atom. The number of nitrogen functional groups attached to an aromatic ring is 1. The molecule has 0 amide bonds. The molecule has 0 saturated heterocycles. The van der Waals surface area contributed by atoms with Crippen molar-refractivity contribution in [3.8, 4) is 0 Å². The first-order valence-electron chi connectivity index (χ1n) is 5.89. The van der Waals surface area contributed by atoms with E-state index in [9.17, 15) is 0 Å². The summed E-state index contributed by atoms with van der Waals surface area (Å²) < 4.78 is 0.869. The number of hydrogen-bond acceptors (Lipinski definition) is 4. The van der Waals surface area contributed by atoms with E-state index in [0.717, 1.165) is 29.7 Å². The molecule has 2 aromatic rings. The number of para-hydroxylation sites is 1. The predicted molar refractivity (Wildman–Crippen MR) is 75.9 cm³/mol. The average Bonchev–Trinajstić information content (AvgIpc) is 2.41. The molecule has 0 unspecified atom stereocenters. The number of benzene rings is 1. The zero-order valence-corrected chi connectivity index (χ0v) is 11.4. The van der Waals surface area contributed by atoms with E-state index in [1.165, 1.54) is 11.3 Å². The predicted octanol–water partition coefficient (Wildman–Crippen LogP) is 2.91. The van der Waals surface area contributed by atoms with Gasteiger partial charge in [-0.15, -0.1) is 0 Å². The Labute approximate surface area is 114 Å². The molecule has 3 rings (SSSR count). The van der Waals surface area contributed by atoms with E-state index in [-0.39, 0.29) is 0 Å². The molecule has 2 N–H and O–H groups in total. The zero-order valence-electron chi connectivity index (χ0n) is 9.81. The maximum Gasteiger partial charge on any atom is 0.222 e. The third-order valence-corrected chi connectivity index (χ3v) is 3.67. The summed E-state index contributed by atoms with van der Waals surface area (Å²) in [5.74, 6) is 1.14. The second kappa shape index (κ2) is 4.57. The number of hydrogen-bond donors (Lipinski definition) is 1. The van der Waals surface area contributed by atoms with Crippen LogP contribution in [0.25, 0.3) is 0 Å². The average molecular weight is 305 g/mol. The maximum atomic E-state index is 5.68. The smallest absolute Gasteiger partial charge is 0.222 e. The van der Waals surface area contributed by atoms with Gasteiger partial charge in [0.1, 0.15) is 0 Å². The van der Waals surface area contributed by atoms with Crippen LogP contribution < -0.4 is 10.6 Å². The van der Waals surface area contributed by atoms with E-state index in [1.807, 2.05) is 0 Å². The molecule has 0 radical (unpaired) electrons. The molecule has 0 fully saturated rings. The first kappa shape index (κ1) is 11.5. The van der Waals surface area contributed by atoms with Crippen LogP contribution in [0.4, 0.5) is 17.5 Å². The minimum absolute atomic E-state index is 0.302. The Kier molecular flexibility index (Phi) is 2.91. The van der Waals surface area contributed by atoms with Crippen molar-refractivity contribution in [3.63, 3.8) is 0 Å². The summed E-state index contributed by atoms with van der Waals surface area (Å²) in [4.78, 5) is 10.5. The van der Waals surface area contributed by atoms with Gasteiger partial charge in [-0.3, -0.25) is 0 Å². The molecular formula is C13H13BrN4. The molecule has 0 spiro atoms. The maximum absolute atomic E-state index is 5.68. The number of anilines is 3. The van der Waals surface area contributed by atoms with E-state index in [2.05, 4.69) is 55.1 Å². The van der Waals surface area contributed by atoms with Gasteiger partial charge in [0, 0.05) is 18.4 Å². The van der Waals surface area contributed by atoms with Crippen LogP contribution >= 0.6 is 15.9 Å². The van der Waals surface area contributed by atoms with Gasteiger partial charge < -0.3 is 10.6 Å². The summed E-state index contributed by atoms with van der Waals surface area (Å²) in [7, 11) is 0. The lowest BCUT2D eigenvalue weighted by molar-refractivity contribution is 0.758. The van der Waals surface area contributed by atoms with Crippen LogP contribution in [-0.4, -0.2) is 16.5 Å². The van der Waals surface area contributed by atoms with E-state index >= 15 is 0 Å². The van der Waals surface area contributed by atoms with Crippen molar-refractivity contribution in [2.75, 3.05) is 17.2 Å². The van der Waals surface area contributed by atoms with Crippen molar-refractivity contribution in [2.24, 2.45) is 0 Å². The van der Waals surface area contributed by atoms with Gasteiger partial charge in [0.05, 0.1) is 4.47 Å². The quantitative estimate of drug-likeness (QED) is 0.880. The fraction of sp³-hybridized carbons (Fsp3) is 0.231. The number of nitrogens with zero attached hydrogens (tertiary/aromatic N) is 3. The molecule has 1 aromatic carbocycles. The monoisotopic (exact) mass is 304 g/mol. The summed E-state index contributed by atoms with van der Waals surface area (Å²) in [6.45, 7) is 0.950. The number of halogens is 1. The zero-order chi connectivity index (χ0) is 12.5. The fourth-order valence-electron chi connectivity index (χ4n) is 2.31. The van der Waals surface area contributed by atoms with Gasteiger partial charge in [-0.1, -0.05) is 18.2 Å². The molecule has 5 heteroatoms. The van der Waals surface area contributed by atoms with Crippen LogP contribution in [0.2, 0.25) is 0 Å². The van der Waals surface area contributed by atoms with E-state index in [0.29, 0.717) is 5.95 Å². The van der Waals surface area contributed by atoms with E-state index in [4.69, 9.17) is 5.73 Å². The van der Waals surface area contributed by atoms with Crippen LogP contribution in [0, 0.1) is 0 Å². The van der Waals surface area contributed by atoms with Crippen molar-refractivity contribution in [3.05, 3.63) is 40.5 Å². The summed E-state index contributed by atoms with van der Waals surface area (Å²) in [5.41, 5.74) is 8.25. The number of fused-ring (bicyclic) bond motifs is 1. The lowest BCUT2D eigenvalue weighted by Crippen LogP contribution is -2.26. The summed E-state index contributed by atoms with van der Waals surface area (Å²) >= 11 is 3.50. The van der Waals surface area contributed by atoms with Gasteiger partial charge in [0.2, 0.25) is 5.95 Å². The molecule has 0 atom stereocenters. The second-order valence-electron chi connectivity index (χ2n) is 4.28. The highest BCUT2D eigenvalue weighted by atomic mass is 79.9. The SMILES string of the molecule is Nc1ncc(Br)c(N2CCCc3ccccc32)n1. The number of rotatable bonds is 1. The number of aryl methyl sites for hydroxylation is 1. The molecule has 92 valence electrons. The first-order valence-corrected chi connectivity index (χ1v) is 6.68. The van der Waals surface area contributed by atoms with Gasteiger partial charge >= 0.3 is 0 Å². The molecule has 18 heavy (non-hydrogen) atoms. The van der Waals surface area contributed by atoms with Crippen molar-refractivity contribution in [1.82, 2.24) is 9.97 Å². The molecule has 1 aromatic heterocycles. The topological polar surface area (TPSA) is 55.0 Å². The lowest BCUT2D eigenvalue weighted by Gasteiger charge is -2.30. The van der Waals surface area contributed by atoms with Crippen LogP contribution in [0.3, 0.4) is 0 Å². The highest BCUT2D eigenvalue weighted by molar-refractivity contribution is 9.10. The van der Waals surface area contributed by atoms with Crippen molar-refractivity contribution >= 4 is 33.4 Å². The minimum atomic E-state index is 0.302.